The maximum atomic E-state index is 6.62. The van der Waals surface area contributed by atoms with Crippen LogP contribution in [0.25, 0.3) is 0 Å². The first-order valence-electron chi connectivity index (χ1n) is 6.85. The third-order valence-corrected chi connectivity index (χ3v) is 4.57. The number of benzene rings is 2. The molecule has 0 saturated heterocycles. The first-order chi connectivity index (χ1) is 10.0. The molecule has 0 amide bonds. The summed E-state index contributed by atoms with van der Waals surface area (Å²) >= 11 is 16.2. The van der Waals surface area contributed by atoms with Gasteiger partial charge in [-0.2, -0.15) is 0 Å². The monoisotopic (exact) mass is 386 g/mol. The first-order valence-corrected chi connectivity index (χ1v) is 8.46. The van der Waals surface area contributed by atoms with Crippen molar-refractivity contribution in [1.82, 2.24) is 0 Å². The van der Waals surface area contributed by atoms with Crippen LogP contribution in [0.4, 0.5) is 0 Å². The maximum Gasteiger partial charge on any atom is 0.133 e. The van der Waals surface area contributed by atoms with Crippen LogP contribution in [0.1, 0.15) is 35.4 Å². The SMILES string of the molecule is CCCOc1ccc(C(Cl)c2cc(Cl)ccc2C)cc1Br. The number of hydrogen-bond acceptors (Lipinski definition) is 1. The third-order valence-electron chi connectivity index (χ3n) is 3.22. The van der Waals surface area contributed by atoms with Crippen molar-refractivity contribution in [3.8, 4) is 5.75 Å². The number of aryl methyl sites for hydroxylation is 1. The Bertz CT molecular complexity index is 628. The summed E-state index contributed by atoms with van der Waals surface area (Å²) in [5.74, 6) is 0.840. The van der Waals surface area contributed by atoms with Gasteiger partial charge in [0.2, 0.25) is 0 Å². The molecule has 0 radical (unpaired) electrons. The van der Waals surface area contributed by atoms with E-state index in [9.17, 15) is 0 Å². The number of hydrogen-bond donors (Lipinski definition) is 0. The quantitative estimate of drug-likeness (QED) is 0.530. The van der Waals surface area contributed by atoms with Gasteiger partial charge in [0, 0.05) is 5.02 Å². The molecule has 1 unspecified atom stereocenters. The summed E-state index contributed by atoms with van der Waals surface area (Å²) in [5.41, 5.74) is 3.16. The molecule has 0 heterocycles. The van der Waals surface area contributed by atoms with Gasteiger partial charge in [-0.15, -0.1) is 11.6 Å². The summed E-state index contributed by atoms with van der Waals surface area (Å²) in [6.07, 6.45) is 0.980. The molecule has 2 aromatic rings. The van der Waals surface area contributed by atoms with Crippen LogP contribution in [0.3, 0.4) is 0 Å². The van der Waals surface area contributed by atoms with E-state index in [2.05, 4.69) is 22.9 Å². The van der Waals surface area contributed by atoms with Crippen molar-refractivity contribution in [1.29, 1.82) is 0 Å². The van der Waals surface area contributed by atoms with Gasteiger partial charge in [-0.1, -0.05) is 30.7 Å². The van der Waals surface area contributed by atoms with Gasteiger partial charge in [-0.3, -0.25) is 0 Å². The fraction of sp³-hybridized carbons (Fsp3) is 0.294. The van der Waals surface area contributed by atoms with Gasteiger partial charge in [-0.05, 0) is 70.2 Å². The second-order valence-electron chi connectivity index (χ2n) is 4.90. The minimum Gasteiger partial charge on any atom is -0.492 e. The van der Waals surface area contributed by atoms with Gasteiger partial charge in [0.05, 0.1) is 16.5 Å². The Labute approximate surface area is 144 Å². The molecule has 0 saturated carbocycles. The highest BCUT2D eigenvalue weighted by Crippen LogP contribution is 2.36. The largest absolute Gasteiger partial charge is 0.492 e. The fourth-order valence-electron chi connectivity index (χ4n) is 2.07. The zero-order valence-corrected chi connectivity index (χ0v) is 15.1. The Balaban J connectivity index is 2.29. The van der Waals surface area contributed by atoms with Gasteiger partial charge < -0.3 is 4.74 Å². The van der Waals surface area contributed by atoms with Gasteiger partial charge in [0.15, 0.2) is 0 Å². The molecule has 2 aromatic carbocycles. The van der Waals surface area contributed by atoms with Crippen LogP contribution in [-0.2, 0) is 0 Å². The minimum absolute atomic E-state index is 0.236. The summed E-state index contributed by atoms with van der Waals surface area (Å²) in [5, 5.41) is 0.462. The predicted molar refractivity (Wildman–Crippen MR) is 93.8 cm³/mol. The average molecular weight is 388 g/mol. The Morgan fingerprint density at radius 3 is 2.62 bits per heavy atom. The van der Waals surface area contributed by atoms with Crippen LogP contribution < -0.4 is 4.74 Å². The van der Waals surface area contributed by atoms with E-state index in [-0.39, 0.29) is 5.38 Å². The molecule has 0 spiro atoms. The van der Waals surface area contributed by atoms with Gasteiger partial charge >= 0.3 is 0 Å². The van der Waals surface area contributed by atoms with E-state index >= 15 is 0 Å². The molecule has 21 heavy (non-hydrogen) atoms. The van der Waals surface area contributed by atoms with E-state index in [1.807, 2.05) is 43.3 Å². The maximum absolute atomic E-state index is 6.62. The lowest BCUT2D eigenvalue weighted by Crippen LogP contribution is -1.99. The molecule has 112 valence electrons. The van der Waals surface area contributed by atoms with Crippen molar-refractivity contribution in [2.45, 2.75) is 25.6 Å². The van der Waals surface area contributed by atoms with E-state index in [0.717, 1.165) is 33.3 Å². The molecule has 0 aliphatic carbocycles. The summed E-state index contributed by atoms with van der Waals surface area (Å²) < 4.78 is 6.57. The molecular formula is C17H17BrCl2O. The first kappa shape index (κ1) is 16.7. The molecule has 0 aromatic heterocycles. The lowest BCUT2D eigenvalue weighted by atomic mass is 10.00. The van der Waals surface area contributed by atoms with E-state index in [4.69, 9.17) is 27.9 Å². The zero-order chi connectivity index (χ0) is 15.4. The number of halogens is 3. The zero-order valence-electron chi connectivity index (χ0n) is 12.0. The molecule has 0 N–H and O–H groups in total. The van der Waals surface area contributed by atoms with Crippen LogP contribution in [0.2, 0.25) is 5.02 Å². The van der Waals surface area contributed by atoms with Crippen LogP contribution in [0.15, 0.2) is 40.9 Å². The third kappa shape index (κ3) is 4.15. The topological polar surface area (TPSA) is 9.23 Å². The lowest BCUT2D eigenvalue weighted by molar-refractivity contribution is 0.315. The van der Waals surface area contributed by atoms with E-state index < -0.39 is 0 Å². The highest BCUT2D eigenvalue weighted by molar-refractivity contribution is 9.10. The summed E-state index contributed by atoms with van der Waals surface area (Å²) in [6.45, 7) is 4.82. The number of alkyl halides is 1. The average Bonchev–Trinajstić information content (AvgIpc) is 2.47. The summed E-state index contributed by atoms with van der Waals surface area (Å²) in [6, 6.07) is 11.7. The van der Waals surface area contributed by atoms with Gasteiger partial charge in [0.25, 0.3) is 0 Å². The molecule has 2 rings (SSSR count). The fourth-order valence-corrected chi connectivity index (χ4v) is 3.13. The summed E-state index contributed by atoms with van der Waals surface area (Å²) in [4.78, 5) is 0. The van der Waals surface area contributed by atoms with Crippen molar-refractivity contribution < 1.29 is 4.74 Å². The molecule has 0 aliphatic rings. The Hall–Kier alpha value is -0.700. The highest BCUT2D eigenvalue weighted by Gasteiger charge is 2.15. The lowest BCUT2D eigenvalue weighted by Gasteiger charge is -2.15. The normalized spacial score (nSPS) is 12.2. The van der Waals surface area contributed by atoms with Crippen molar-refractivity contribution >= 4 is 39.1 Å². The van der Waals surface area contributed by atoms with Crippen molar-refractivity contribution in [3.63, 3.8) is 0 Å². The van der Waals surface area contributed by atoms with E-state index in [1.165, 1.54) is 0 Å². The van der Waals surface area contributed by atoms with Gasteiger partial charge in [0.1, 0.15) is 5.75 Å². The molecule has 0 bridgehead atoms. The molecule has 0 aliphatic heterocycles. The Morgan fingerprint density at radius 2 is 1.95 bits per heavy atom. The second-order valence-corrected chi connectivity index (χ2v) is 6.63. The second kappa shape index (κ2) is 7.53. The smallest absolute Gasteiger partial charge is 0.133 e. The van der Waals surface area contributed by atoms with Crippen LogP contribution in [0.5, 0.6) is 5.75 Å². The van der Waals surface area contributed by atoms with Crippen molar-refractivity contribution in [3.05, 3.63) is 62.6 Å². The van der Waals surface area contributed by atoms with E-state index in [1.54, 1.807) is 0 Å². The minimum atomic E-state index is -0.236. The molecular weight excluding hydrogens is 371 g/mol. The molecule has 1 atom stereocenters. The van der Waals surface area contributed by atoms with Crippen molar-refractivity contribution in [2.24, 2.45) is 0 Å². The van der Waals surface area contributed by atoms with Crippen LogP contribution >= 0.6 is 39.1 Å². The molecule has 4 heteroatoms. The predicted octanol–water partition coefficient (Wildman–Crippen LogP) is 6.53. The molecule has 0 fully saturated rings. The highest BCUT2D eigenvalue weighted by atomic mass is 79.9. The standard InChI is InChI=1S/C17H17BrCl2O/c1-3-8-21-16-7-5-12(9-15(16)18)17(20)14-10-13(19)6-4-11(14)2/h4-7,9-10,17H,3,8H2,1-2H3. The van der Waals surface area contributed by atoms with Crippen LogP contribution in [0, 0.1) is 6.92 Å². The van der Waals surface area contributed by atoms with Crippen molar-refractivity contribution in [2.75, 3.05) is 6.61 Å². The molecule has 1 nitrogen and oxygen atoms in total. The van der Waals surface area contributed by atoms with Crippen LogP contribution in [-0.4, -0.2) is 6.61 Å². The van der Waals surface area contributed by atoms with Gasteiger partial charge in [-0.25, -0.2) is 0 Å². The number of rotatable bonds is 5. The Morgan fingerprint density at radius 1 is 1.19 bits per heavy atom. The summed E-state index contributed by atoms with van der Waals surface area (Å²) in [7, 11) is 0. The Kier molecular flexibility index (Phi) is 5.98. The number of ether oxygens (including phenoxy) is 1. The van der Waals surface area contributed by atoms with E-state index in [0.29, 0.717) is 11.6 Å².